The number of ether oxygens (including phenoxy) is 1. The van der Waals surface area contributed by atoms with E-state index in [0.717, 1.165) is 67.9 Å². The maximum atomic E-state index is 13.5. The average molecular weight is 493 g/mol. The van der Waals surface area contributed by atoms with Gasteiger partial charge in [0.25, 0.3) is 0 Å². The van der Waals surface area contributed by atoms with Crippen LogP contribution in [0.4, 0.5) is 4.39 Å². The van der Waals surface area contributed by atoms with Crippen LogP contribution in [0.2, 0.25) is 0 Å². The van der Waals surface area contributed by atoms with Gasteiger partial charge in [-0.15, -0.1) is 0 Å². The van der Waals surface area contributed by atoms with E-state index < -0.39 is 0 Å². The van der Waals surface area contributed by atoms with Crippen molar-refractivity contribution in [1.29, 1.82) is 0 Å². The lowest BCUT2D eigenvalue weighted by molar-refractivity contribution is 0.261. The molecule has 4 aromatic heterocycles. The molecule has 6 rings (SSSR count). The van der Waals surface area contributed by atoms with Crippen LogP contribution in [0.25, 0.3) is 55.6 Å². The number of benzene rings is 2. The van der Waals surface area contributed by atoms with Crippen molar-refractivity contribution in [3.8, 4) is 39.5 Å². The van der Waals surface area contributed by atoms with Crippen LogP contribution < -0.4 is 4.74 Å². The smallest absolute Gasteiger partial charge is 0.138 e. The lowest BCUT2D eigenvalue weighted by Gasteiger charge is -2.11. The summed E-state index contributed by atoms with van der Waals surface area (Å²) in [5.74, 6) is 0.466. The highest BCUT2D eigenvalue weighted by Gasteiger charge is 2.15. The molecule has 0 amide bonds. The third-order valence-corrected chi connectivity index (χ3v) is 6.34. The number of nitrogens with one attached hydrogen (secondary N) is 2. The molecule has 7 nitrogen and oxygen atoms in total. The Labute approximate surface area is 213 Å². The Morgan fingerprint density at radius 2 is 1.65 bits per heavy atom. The van der Waals surface area contributed by atoms with Crippen LogP contribution in [0, 0.1) is 5.82 Å². The minimum absolute atomic E-state index is 0.273. The van der Waals surface area contributed by atoms with Gasteiger partial charge in [0.2, 0.25) is 0 Å². The Morgan fingerprint density at radius 1 is 0.838 bits per heavy atom. The van der Waals surface area contributed by atoms with Gasteiger partial charge in [-0.1, -0.05) is 6.07 Å². The van der Waals surface area contributed by atoms with Crippen molar-refractivity contribution in [2.24, 2.45) is 0 Å². The Bertz CT molecular complexity index is 1700. The number of pyridine rings is 2. The minimum Gasteiger partial charge on any atom is -0.491 e. The molecule has 0 aliphatic heterocycles. The molecule has 6 aromatic rings. The van der Waals surface area contributed by atoms with E-state index in [-0.39, 0.29) is 5.82 Å². The van der Waals surface area contributed by atoms with Crippen LogP contribution in [0.3, 0.4) is 0 Å². The van der Waals surface area contributed by atoms with E-state index in [1.54, 1.807) is 24.5 Å². The topological polar surface area (TPSA) is 82.7 Å². The largest absolute Gasteiger partial charge is 0.491 e. The summed E-state index contributed by atoms with van der Waals surface area (Å²) in [5, 5.41) is 9.69. The van der Waals surface area contributed by atoms with Gasteiger partial charge in [-0.3, -0.25) is 15.1 Å². The van der Waals surface area contributed by atoms with E-state index in [2.05, 4.69) is 36.1 Å². The summed E-state index contributed by atoms with van der Waals surface area (Å²) in [7, 11) is 4.03. The lowest BCUT2D eigenvalue weighted by atomic mass is 10.0. The van der Waals surface area contributed by atoms with Crippen LogP contribution in [-0.4, -0.2) is 57.3 Å². The van der Waals surface area contributed by atoms with Crippen LogP contribution >= 0.6 is 0 Å². The van der Waals surface area contributed by atoms with E-state index in [1.807, 2.05) is 50.6 Å². The second-order valence-electron chi connectivity index (χ2n) is 9.20. The maximum Gasteiger partial charge on any atom is 0.138 e. The lowest BCUT2D eigenvalue weighted by Crippen LogP contribution is -2.19. The molecule has 37 heavy (non-hydrogen) atoms. The Kier molecular flexibility index (Phi) is 5.86. The van der Waals surface area contributed by atoms with Crippen molar-refractivity contribution >= 4 is 21.8 Å². The van der Waals surface area contributed by atoms with Crippen LogP contribution in [0.15, 0.2) is 79.3 Å². The summed E-state index contributed by atoms with van der Waals surface area (Å²) < 4.78 is 19.3. The fourth-order valence-corrected chi connectivity index (χ4v) is 4.42. The van der Waals surface area contributed by atoms with Crippen molar-refractivity contribution in [3.63, 3.8) is 0 Å². The molecule has 2 aromatic carbocycles. The van der Waals surface area contributed by atoms with Crippen molar-refractivity contribution < 1.29 is 9.13 Å². The normalized spacial score (nSPS) is 11.6. The standard InChI is InChI=1S/C29H25FN6O/c1-36(2)11-12-37-22-13-20(16-31-17-22)19-5-8-26-23(14-19)29(35-34-26)27-15-24-25(33-27)9-10-32-28(24)18-3-6-21(30)7-4-18/h3-10,13-17,33H,11-12H2,1-2H3,(H,34,35). The second kappa shape index (κ2) is 9.48. The van der Waals surface area contributed by atoms with Gasteiger partial charge in [-0.05, 0) is 74.3 Å². The van der Waals surface area contributed by atoms with Gasteiger partial charge in [0.05, 0.1) is 23.1 Å². The number of halogens is 1. The molecule has 0 bridgehead atoms. The number of aromatic amines is 2. The molecule has 2 N–H and O–H groups in total. The zero-order chi connectivity index (χ0) is 25.4. The zero-order valence-corrected chi connectivity index (χ0v) is 20.5. The number of hydrogen-bond acceptors (Lipinski definition) is 5. The predicted octanol–water partition coefficient (Wildman–Crippen LogP) is 5.91. The van der Waals surface area contributed by atoms with E-state index in [9.17, 15) is 4.39 Å². The van der Waals surface area contributed by atoms with Gasteiger partial charge in [-0.2, -0.15) is 5.10 Å². The van der Waals surface area contributed by atoms with Crippen molar-refractivity contribution in [2.45, 2.75) is 0 Å². The first-order valence-electron chi connectivity index (χ1n) is 12.0. The molecule has 0 saturated carbocycles. The summed E-state index contributed by atoms with van der Waals surface area (Å²) in [6.45, 7) is 1.43. The van der Waals surface area contributed by atoms with Gasteiger partial charge in [0.15, 0.2) is 0 Å². The zero-order valence-electron chi connectivity index (χ0n) is 20.5. The number of nitrogens with zero attached hydrogens (tertiary/aromatic N) is 4. The molecule has 0 radical (unpaired) electrons. The summed E-state index contributed by atoms with van der Waals surface area (Å²) in [6, 6.07) is 18.5. The molecule has 0 saturated heterocycles. The highest BCUT2D eigenvalue weighted by molar-refractivity contribution is 6.00. The first-order valence-corrected chi connectivity index (χ1v) is 12.0. The molecule has 0 spiro atoms. The molecule has 184 valence electrons. The maximum absolute atomic E-state index is 13.5. The molecule has 8 heteroatoms. The van der Waals surface area contributed by atoms with Crippen LogP contribution in [0.1, 0.15) is 0 Å². The first kappa shape index (κ1) is 22.9. The van der Waals surface area contributed by atoms with Gasteiger partial charge < -0.3 is 14.6 Å². The Balaban J connectivity index is 1.37. The molecule has 0 aliphatic rings. The van der Waals surface area contributed by atoms with E-state index in [1.165, 1.54) is 12.1 Å². The third kappa shape index (κ3) is 4.54. The molecule has 0 unspecified atom stereocenters. The summed E-state index contributed by atoms with van der Waals surface area (Å²) in [4.78, 5) is 14.5. The number of likely N-dealkylation sites (N-methyl/N-ethyl adjacent to an activating group) is 1. The summed E-state index contributed by atoms with van der Waals surface area (Å²) in [6.07, 6.45) is 5.32. The van der Waals surface area contributed by atoms with E-state index in [0.29, 0.717) is 6.61 Å². The first-order chi connectivity index (χ1) is 18.0. The highest BCUT2D eigenvalue weighted by Crippen LogP contribution is 2.34. The Hall–Kier alpha value is -4.56. The van der Waals surface area contributed by atoms with Crippen molar-refractivity contribution in [1.82, 2.24) is 30.0 Å². The molecule has 0 fully saturated rings. The molecule has 0 aliphatic carbocycles. The van der Waals surface area contributed by atoms with Crippen molar-refractivity contribution in [2.75, 3.05) is 27.2 Å². The van der Waals surface area contributed by atoms with Crippen molar-refractivity contribution in [3.05, 3.63) is 85.1 Å². The minimum atomic E-state index is -0.273. The van der Waals surface area contributed by atoms with Gasteiger partial charge in [0, 0.05) is 46.4 Å². The third-order valence-electron chi connectivity index (χ3n) is 6.34. The molecular weight excluding hydrogens is 467 g/mol. The molecule has 0 atom stereocenters. The second-order valence-corrected chi connectivity index (χ2v) is 9.20. The molecule has 4 heterocycles. The number of hydrogen-bond donors (Lipinski definition) is 2. The van der Waals surface area contributed by atoms with Crippen LogP contribution in [-0.2, 0) is 0 Å². The summed E-state index contributed by atoms with van der Waals surface area (Å²) >= 11 is 0. The average Bonchev–Trinajstić information content (AvgIpc) is 3.53. The fraction of sp³-hybridized carbons (Fsp3) is 0.138. The number of aromatic nitrogens is 5. The van der Waals surface area contributed by atoms with Crippen LogP contribution in [0.5, 0.6) is 5.75 Å². The highest BCUT2D eigenvalue weighted by atomic mass is 19.1. The number of H-pyrrole nitrogens is 2. The monoisotopic (exact) mass is 492 g/mol. The number of rotatable bonds is 7. The van der Waals surface area contributed by atoms with E-state index in [4.69, 9.17) is 4.74 Å². The SMILES string of the molecule is CN(C)CCOc1cncc(-c2ccc3[nH]nc(-c4cc5c(-c6ccc(F)cc6)nccc5[nH]4)c3c2)c1. The summed E-state index contributed by atoms with van der Waals surface area (Å²) in [5.41, 5.74) is 7.17. The fourth-order valence-electron chi connectivity index (χ4n) is 4.42. The Morgan fingerprint density at radius 3 is 2.49 bits per heavy atom. The molecular formula is C29H25FN6O. The van der Waals surface area contributed by atoms with Gasteiger partial charge >= 0.3 is 0 Å². The van der Waals surface area contributed by atoms with Gasteiger partial charge in [0.1, 0.15) is 23.9 Å². The quantitative estimate of drug-likeness (QED) is 0.289. The number of fused-ring (bicyclic) bond motifs is 2. The van der Waals surface area contributed by atoms with E-state index >= 15 is 0 Å². The van der Waals surface area contributed by atoms with Gasteiger partial charge in [-0.25, -0.2) is 4.39 Å². The predicted molar refractivity (Wildman–Crippen MR) is 144 cm³/mol.